The summed E-state index contributed by atoms with van der Waals surface area (Å²) in [6, 6.07) is 15.5. The van der Waals surface area contributed by atoms with E-state index in [1.165, 1.54) is 11.9 Å². The van der Waals surface area contributed by atoms with E-state index < -0.39 is 10.0 Å². The minimum atomic E-state index is -3.74. The Morgan fingerprint density at radius 2 is 2.07 bits per heavy atom. The lowest BCUT2D eigenvalue weighted by molar-refractivity contribution is 0.160. The van der Waals surface area contributed by atoms with Gasteiger partial charge in [0.25, 0.3) is 10.0 Å². The number of aromatic nitrogens is 2. The van der Waals surface area contributed by atoms with Crippen molar-refractivity contribution in [2.24, 2.45) is 0 Å². The molecule has 1 atom stereocenters. The molecule has 0 saturated carbocycles. The summed E-state index contributed by atoms with van der Waals surface area (Å²) in [6.07, 6.45) is 2.16. The number of hydrogen-bond donors (Lipinski definition) is 1. The van der Waals surface area contributed by atoms with Gasteiger partial charge in [-0.15, -0.1) is 0 Å². The van der Waals surface area contributed by atoms with Crippen molar-refractivity contribution in [1.82, 2.24) is 14.3 Å². The summed E-state index contributed by atoms with van der Waals surface area (Å²) >= 11 is 0.989. The molecule has 7 nitrogen and oxygen atoms in total. The fourth-order valence-corrected chi connectivity index (χ4v) is 5.03. The fourth-order valence-electron chi connectivity index (χ4n) is 3.35. The summed E-state index contributed by atoms with van der Waals surface area (Å²) in [5, 5.41) is 0.235. The fraction of sp³-hybridized carbons (Fsp3) is 0.263. The molecule has 4 rings (SSSR count). The Balaban J connectivity index is 1.57. The van der Waals surface area contributed by atoms with Crippen LogP contribution >= 0.6 is 11.5 Å². The molecule has 0 unspecified atom stereocenters. The van der Waals surface area contributed by atoms with E-state index in [2.05, 4.69) is 38.2 Å². The van der Waals surface area contributed by atoms with Gasteiger partial charge in [0, 0.05) is 42.2 Å². The molecule has 0 saturated heterocycles. The Bertz CT molecular complexity index is 1040. The molecule has 1 aromatic heterocycles. The quantitative estimate of drug-likeness (QED) is 0.664. The molecule has 2 heterocycles. The van der Waals surface area contributed by atoms with Crippen molar-refractivity contribution in [3.8, 4) is 5.75 Å². The van der Waals surface area contributed by atoms with Gasteiger partial charge in [0.15, 0.2) is 0 Å². The standard InChI is InChI=1S/C19H20N4O3S2/c1-23(12-14-5-3-2-4-6-14)17-9-10-26-18-11-15(7-8-16(17)18)28(24,25)22-19-20-13-21-27-19/h2-8,11,13,17H,9-10,12H2,1H3,(H,20,21,22)/t17-/m0/s1. The molecule has 0 fully saturated rings. The number of ether oxygens (including phenoxy) is 1. The van der Waals surface area contributed by atoms with Gasteiger partial charge >= 0.3 is 0 Å². The highest BCUT2D eigenvalue weighted by Crippen LogP contribution is 2.37. The Kier molecular flexibility index (Phi) is 5.29. The van der Waals surface area contributed by atoms with Gasteiger partial charge in [-0.05, 0) is 18.7 Å². The van der Waals surface area contributed by atoms with E-state index in [-0.39, 0.29) is 16.1 Å². The second-order valence-electron chi connectivity index (χ2n) is 6.61. The number of nitrogens with zero attached hydrogens (tertiary/aromatic N) is 3. The van der Waals surface area contributed by atoms with Crippen LogP contribution in [0, 0.1) is 0 Å². The highest BCUT2D eigenvalue weighted by Gasteiger charge is 2.27. The molecular weight excluding hydrogens is 396 g/mol. The normalized spacial score (nSPS) is 16.4. The maximum atomic E-state index is 12.6. The molecule has 28 heavy (non-hydrogen) atoms. The van der Waals surface area contributed by atoms with E-state index >= 15 is 0 Å². The van der Waals surface area contributed by atoms with Crippen molar-refractivity contribution in [3.05, 3.63) is 66.0 Å². The molecule has 2 aromatic carbocycles. The Labute approximate surface area is 168 Å². The van der Waals surface area contributed by atoms with Crippen molar-refractivity contribution in [2.75, 3.05) is 18.4 Å². The van der Waals surface area contributed by atoms with Gasteiger partial charge in [-0.25, -0.2) is 13.4 Å². The van der Waals surface area contributed by atoms with Crippen molar-refractivity contribution in [2.45, 2.75) is 23.9 Å². The molecule has 0 aliphatic carbocycles. The zero-order valence-corrected chi connectivity index (χ0v) is 16.9. The molecule has 146 valence electrons. The first-order chi connectivity index (χ1) is 13.5. The minimum Gasteiger partial charge on any atom is -0.493 e. The van der Waals surface area contributed by atoms with Gasteiger partial charge < -0.3 is 4.74 Å². The first-order valence-electron chi connectivity index (χ1n) is 8.83. The first kappa shape index (κ1) is 18.9. The molecule has 1 aliphatic heterocycles. The van der Waals surface area contributed by atoms with E-state index in [0.29, 0.717) is 12.4 Å². The van der Waals surface area contributed by atoms with Gasteiger partial charge in [-0.1, -0.05) is 36.4 Å². The monoisotopic (exact) mass is 416 g/mol. The summed E-state index contributed by atoms with van der Waals surface area (Å²) < 4.78 is 37.2. The smallest absolute Gasteiger partial charge is 0.263 e. The molecule has 0 bridgehead atoms. The molecule has 9 heteroatoms. The average molecular weight is 417 g/mol. The molecule has 0 amide bonds. The second kappa shape index (κ2) is 7.86. The van der Waals surface area contributed by atoms with Crippen LogP contribution in [0.15, 0.2) is 59.8 Å². The van der Waals surface area contributed by atoms with Crippen LogP contribution in [0.2, 0.25) is 0 Å². The maximum Gasteiger partial charge on any atom is 0.263 e. The Hall–Kier alpha value is -2.49. The van der Waals surface area contributed by atoms with Gasteiger partial charge in [0.1, 0.15) is 12.1 Å². The number of fused-ring (bicyclic) bond motifs is 1. The summed E-state index contributed by atoms with van der Waals surface area (Å²) in [6.45, 7) is 1.35. The summed E-state index contributed by atoms with van der Waals surface area (Å²) in [5.74, 6) is 0.608. The van der Waals surface area contributed by atoms with E-state index in [4.69, 9.17) is 4.74 Å². The van der Waals surface area contributed by atoms with Crippen LogP contribution in [0.5, 0.6) is 5.75 Å². The maximum absolute atomic E-state index is 12.6. The van der Waals surface area contributed by atoms with E-state index in [1.807, 2.05) is 24.3 Å². The predicted octanol–water partition coefficient (Wildman–Crippen LogP) is 3.29. The predicted molar refractivity (Wildman–Crippen MR) is 108 cm³/mol. The third-order valence-corrected chi connectivity index (χ3v) is 6.74. The summed E-state index contributed by atoms with van der Waals surface area (Å²) in [5.41, 5.74) is 2.23. The highest BCUT2D eigenvalue weighted by molar-refractivity contribution is 7.93. The molecule has 0 spiro atoms. The van der Waals surface area contributed by atoms with Crippen molar-refractivity contribution < 1.29 is 13.2 Å². The number of benzene rings is 2. The summed E-state index contributed by atoms with van der Waals surface area (Å²) in [4.78, 5) is 6.28. The number of rotatable bonds is 6. The van der Waals surface area contributed by atoms with Crippen LogP contribution in [0.1, 0.15) is 23.6 Å². The van der Waals surface area contributed by atoms with Crippen LogP contribution in [0.3, 0.4) is 0 Å². The first-order valence-corrected chi connectivity index (χ1v) is 11.1. The van der Waals surface area contributed by atoms with E-state index in [9.17, 15) is 8.42 Å². The lowest BCUT2D eigenvalue weighted by atomic mass is 9.99. The van der Waals surface area contributed by atoms with Gasteiger partial charge in [-0.2, -0.15) is 4.37 Å². The zero-order valence-electron chi connectivity index (χ0n) is 15.3. The number of nitrogens with one attached hydrogen (secondary N) is 1. The highest BCUT2D eigenvalue weighted by atomic mass is 32.2. The number of anilines is 1. The second-order valence-corrected chi connectivity index (χ2v) is 9.07. The van der Waals surface area contributed by atoms with Crippen molar-refractivity contribution >= 4 is 26.7 Å². The van der Waals surface area contributed by atoms with Crippen LogP contribution in [-0.2, 0) is 16.6 Å². The van der Waals surface area contributed by atoms with E-state index in [1.54, 1.807) is 12.1 Å². The third-order valence-electron chi connectivity index (χ3n) is 4.69. The Morgan fingerprint density at radius 1 is 1.25 bits per heavy atom. The van der Waals surface area contributed by atoms with Crippen LogP contribution in [0.4, 0.5) is 5.13 Å². The van der Waals surface area contributed by atoms with Gasteiger partial charge in [-0.3, -0.25) is 9.62 Å². The molecule has 3 aromatic rings. The van der Waals surface area contributed by atoms with Gasteiger partial charge in [0.05, 0.1) is 11.5 Å². The summed E-state index contributed by atoms with van der Waals surface area (Å²) in [7, 11) is -1.66. The van der Waals surface area contributed by atoms with Crippen LogP contribution in [0.25, 0.3) is 0 Å². The molecule has 1 aliphatic rings. The van der Waals surface area contributed by atoms with Crippen molar-refractivity contribution in [1.29, 1.82) is 0 Å². The topological polar surface area (TPSA) is 84.4 Å². The van der Waals surface area contributed by atoms with E-state index in [0.717, 1.165) is 30.1 Å². The largest absolute Gasteiger partial charge is 0.493 e. The van der Waals surface area contributed by atoms with Crippen LogP contribution in [-0.4, -0.2) is 36.3 Å². The molecule has 0 radical (unpaired) electrons. The van der Waals surface area contributed by atoms with Crippen LogP contribution < -0.4 is 9.46 Å². The Morgan fingerprint density at radius 3 is 2.82 bits per heavy atom. The zero-order chi connectivity index (χ0) is 19.6. The SMILES string of the molecule is CN(Cc1ccccc1)[C@H]1CCOc2cc(S(=O)(=O)Nc3ncns3)ccc21. The molecular formula is C19H20N4O3S2. The van der Waals surface area contributed by atoms with Crippen molar-refractivity contribution in [3.63, 3.8) is 0 Å². The number of hydrogen-bond acceptors (Lipinski definition) is 7. The number of sulfonamides is 1. The minimum absolute atomic E-state index is 0.146. The average Bonchev–Trinajstić information content (AvgIpc) is 3.20. The lowest BCUT2D eigenvalue weighted by Crippen LogP contribution is -2.29. The van der Waals surface area contributed by atoms with Gasteiger partial charge in [0.2, 0.25) is 5.13 Å². The lowest BCUT2D eigenvalue weighted by Gasteiger charge is -2.33. The third kappa shape index (κ3) is 4.01. The molecule has 1 N–H and O–H groups in total.